The predicted molar refractivity (Wildman–Crippen MR) is 111 cm³/mol. The Kier molecular flexibility index (Phi) is 6.24. The monoisotopic (exact) mass is 467 g/mol. The van der Waals surface area contributed by atoms with Crippen LogP contribution in [-0.2, 0) is 21.3 Å². The Morgan fingerprint density at radius 1 is 1.12 bits per heavy atom. The van der Waals surface area contributed by atoms with Crippen molar-refractivity contribution in [3.05, 3.63) is 64.2 Å². The second-order valence-electron chi connectivity index (χ2n) is 6.73. The third kappa shape index (κ3) is 4.04. The molecule has 0 spiro atoms. The molecule has 1 aliphatic rings. The van der Waals surface area contributed by atoms with Crippen molar-refractivity contribution in [2.45, 2.75) is 11.7 Å². The average Bonchev–Trinajstić information content (AvgIpc) is 3.19. The SMILES string of the molecule is CNC(=O)C1=NCNC1(C(N)=O)c1ccc(NC(=O)c2c(Cl)cccc2C(F)(F)F)cc1. The number of rotatable bonds is 5. The summed E-state index contributed by atoms with van der Waals surface area (Å²) in [6.45, 7) is -0.0308. The zero-order valence-corrected chi connectivity index (χ0v) is 17.3. The number of halogens is 4. The normalized spacial score (nSPS) is 18.1. The van der Waals surface area contributed by atoms with E-state index < -0.39 is 40.6 Å². The van der Waals surface area contributed by atoms with E-state index >= 15 is 0 Å². The van der Waals surface area contributed by atoms with Crippen molar-refractivity contribution < 1.29 is 27.6 Å². The topological polar surface area (TPSA) is 126 Å². The maximum Gasteiger partial charge on any atom is 0.417 e. The molecule has 2 aromatic carbocycles. The molecule has 3 amide bonds. The quantitative estimate of drug-likeness (QED) is 0.537. The number of carbonyl (C=O) groups is 3. The van der Waals surface area contributed by atoms with Gasteiger partial charge in [-0.25, -0.2) is 0 Å². The lowest BCUT2D eigenvalue weighted by Crippen LogP contribution is -2.58. The van der Waals surface area contributed by atoms with Gasteiger partial charge < -0.3 is 16.4 Å². The summed E-state index contributed by atoms with van der Waals surface area (Å²) >= 11 is 5.85. The first-order valence-electron chi connectivity index (χ1n) is 9.12. The molecule has 1 aliphatic heterocycles. The number of amides is 3. The molecule has 168 valence electrons. The van der Waals surface area contributed by atoms with Gasteiger partial charge in [0.25, 0.3) is 11.8 Å². The molecule has 0 radical (unpaired) electrons. The minimum Gasteiger partial charge on any atom is -0.367 e. The Morgan fingerprint density at radius 2 is 1.78 bits per heavy atom. The lowest BCUT2D eigenvalue weighted by atomic mass is 9.84. The van der Waals surface area contributed by atoms with E-state index in [0.717, 1.165) is 12.1 Å². The molecular formula is C20H17ClF3N5O3. The van der Waals surface area contributed by atoms with Gasteiger partial charge in [-0.3, -0.25) is 24.7 Å². The number of aliphatic imine (C=N–C) groups is 1. The van der Waals surface area contributed by atoms with Crippen LogP contribution >= 0.6 is 11.6 Å². The van der Waals surface area contributed by atoms with E-state index in [9.17, 15) is 27.6 Å². The first-order valence-corrected chi connectivity index (χ1v) is 9.49. The molecule has 32 heavy (non-hydrogen) atoms. The zero-order chi connectivity index (χ0) is 23.7. The molecule has 0 aliphatic carbocycles. The summed E-state index contributed by atoms with van der Waals surface area (Å²) in [6, 6.07) is 8.53. The minimum atomic E-state index is -4.78. The van der Waals surface area contributed by atoms with Crippen LogP contribution in [-0.4, -0.2) is 37.1 Å². The molecule has 8 nitrogen and oxygen atoms in total. The van der Waals surface area contributed by atoms with Gasteiger partial charge in [0, 0.05) is 12.7 Å². The van der Waals surface area contributed by atoms with Crippen LogP contribution in [0.3, 0.4) is 0 Å². The smallest absolute Gasteiger partial charge is 0.367 e. The van der Waals surface area contributed by atoms with Crippen molar-refractivity contribution >= 4 is 40.7 Å². The minimum absolute atomic E-state index is 0.0308. The van der Waals surface area contributed by atoms with Gasteiger partial charge in [0.2, 0.25) is 5.91 Å². The fourth-order valence-electron chi connectivity index (χ4n) is 3.37. The summed E-state index contributed by atoms with van der Waals surface area (Å²) in [7, 11) is 1.37. The van der Waals surface area contributed by atoms with Gasteiger partial charge in [-0.2, -0.15) is 13.2 Å². The number of anilines is 1. The molecule has 3 rings (SSSR count). The number of nitrogens with two attached hydrogens (primary N) is 1. The van der Waals surface area contributed by atoms with E-state index in [-0.39, 0.29) is 28.7 Å². The highest BCUT2D eigenvalue weighted by Gasteiger charge is 2.49. The molecular weight excluding hydrogens is 451 g/mol. The van der Waals surface area contributed by atoms with E-state index in [2.05, 4.69) is 20.9 Å². The van der Waals surface area contributed by atoms with Crippen molar-refractivity contribution in [3.8, 4) is 0 Å². The summed E-state index contributed by atoms with van der Waals surface area (Å²) in [5.74, 6) is -2.54. The summed E-state index contributed by atoms with van der Waals surface area (Å²) in [4.78, 5) is 41.0. The number of primary amides is 1. The molecule has 0 saturated carbocycles. The van der Waals surface area contributed by atoms with E-state index in [1.165, 1.54) is 37.4 Å². The molecule has 5 N–H and O–H groups in total. The fraction of sp³-hybridized carbons (Fsp3) is 0.200. The zero-order valence-electron chi connectivity index (χ0n) is 16.5. The standard InChI is InChI=1S/C20H17ClF3N5O3/c1-26-17(31)15-19(18(25)32,28-9-27-15)10-5-7-11(8-6-10)29-16(30)14-12(20(22,23)24)3-2-4-13(14)21/h2-8,28H,9H2,1H3,(H2,25,32)(H,26,31)(H,29,30). The van der Waals surface area contributed by atoms with Crippen LogP contribution in [0.25, 0.3) is 0 Å². The van der Waals surface area contributed by atoms with E-state index in [4.69, 9.17) is 17.3 Å². The highest BCUT2D eigenvalue weighted by atomic mass is 35.5. The first kappa shape index (κ1) is 23.2. The van der Waals surface area contributed by atoms with Crippen LogP contribution in [0.2, 0.25) is 5.02 Å². The molecule has 0 aromatic heterocycles. The number of hydrogen-bond donors (Lipinski definition) is 4. The van der Waals surface area contributed by atoms with Crippen LogP contribution in [0.1, 0.15) is 21.5 Å². The molecule has 0 fully saturated rings. The summed E-state index contributed by atoms with van der Waals surface area (Å²) in [6.07, 6.45) is -4.78. The summed E-state index contributed by atoms with van der Waals surface area (Å²) < 4.78 is 39.8. The largest absolute Gasteiger partial charge is 0.417 e. The Labute approximate surface area is 185 Å². The van der Waals surface area contributed by atoms with Crippen LogP contribution in [0.4, 0.5) is 18.9 Å². The Morgan fingerprint density at radius 3 is 2.34 bits per heavy atom. The number of nitrogens with zero attached hydrogens (tertiary/aromatic N) is 1. The summed E-state index contributed by atoms with van der Waals surface area (Å²) in [5, 5.41) is 7.17. The maximum atomic E-state index is 13.3. The second-order valence-corrected chi connectivity index (χ2v) is 7.13. The Bertz CT molecular complexity index is 1120. The van der Waals surface area contributed by atoms with Gasteiger partial charge in [-0.05, 0) is 29.8 Å². The molecule has 2 aromatic rings. The number of hydrogen-bond acceptors (Lipinski definition) is 5. The van der Waals surface area contributed by atoms with Gasteiger partial charge in [0.15, 0.2) is 5.54 Å². The van der Waals surface area contributed by atoms with Crippen LogP contribution in [0, 0.1) is 0 Å². The Hall–Kier alpha value is -3.44. The van der Waals surface area contributed by atoms with Gasteiger partial charge in [-0.15, -0.1) is 0 Å². The first-order chi connectivity index (χ1) is 15.0. The molecule has 0 saturated heterocycles. The van der Waals surface area contributed by atoms with Gasteiger partial charge >= 0.3 is 6.18 Å². The molecule has 12 heteroatoms. The van der Waals surface area contributed by atoms with Crippen LogP contribution in [0.15, 0.2) is 47.5 Å². The van der Waals surface area contributed by atoms with Crippen LogP contribution in [0.5, 0.6) is 0 Å². The lowest BCUT2D eigenvalue weighted by molar-refractivity contribution is -0.137. The van der Waals surface area contributed by atoms with E-state index in [0.29, 0.717) is 0 Å². The summed E-state index contributed by atoms with van der Waals surface area (Å²) in [5.41, 5.74) is 2.23. The van der Waals surface area contributed by atoms with E-state index in [1.807, 2.05) is 0 Å². The lowest BCUT2D eigenvalue weighted by Gasteiger charge is -2.27. The second kappa shape index (κ2) is 8.60. The molecule has 1 atom stereocenters. The van der Waals surface area contributed by atoms with E-state index in [1.54, 1.807) is 0 Å². The predicted octanol–water partition coefficient (Wildman–Crippen LogP) is 2.04. The third-order valence-electron chi connectivity index (χ3n) is 4.87. The highest BCUT2D eigenvalue weighted by molar-refractivity contribution is 6.47. The maximum absolute atomic E-state index is 13.3. The number of alkyl halides is 3. The average molecular weight is 468 g/mol. The van der Waals surface area contributed by atoms with Crippen LogP contribution < -0.4 is 21.7 Å². The number of benzene rings is 2. The Balaban J connectivity index is 1.92. The molecule has 1 heterocycles. The van der Waals surface area contributed by atoms with Crippen molar-refractivity contribution in [2.75, 3.05) is 19.0 Å². The van der Waals surface area contributed by atoms with Gasteiger partial charge in [0.05, 0.1) is 22.8 Å². The fourth-order valence-corrected chi connectivity index (χ4v) is 3.63. The molecule has 1 unspecified atom stereocenters. The molecule has 0 bridgehead atoms. The van der Waals surface area contributed by atoms with Gasteiger partial charge in [-0.1, -0.05) is 29.8 Å². The van der Waals surface area contributed by atoms with Crippen molar-refractivity contribution in [1.82, 2.24) is 10.6 Å². The van der Waals surface area contributed by atoms with Crippen molar-refractivity contribution in [2.24, 2.45) is 10.7 Å². The highest BCUT2D eigenvalue weighted by Crippen LogP contribution is 2.35. The third-order valence-corrected chi connectivity index (χ3v) is 5.19. The number of carbonyl (C=O) groups excluding carboxylic acids is 3. The number of nitrogens with one attached hydrogen (secondary N) is 3. The van der Waals surface area contributed by atoms with Crippen molar-refractivity contribution in [1.29, 1.82) is 0 Å². The van der Waals surface area contributed by atoms with Crippen molar-refractivity contribution in [3.63, 3.8) is 0 Å². The van der Waals surface area contributed by atoms with Gasteiger partial charge in [0.1, 0.15) is 5.71 Å².